The molecule has 170 valence electrons. The summed E-state index contributed by atoms with van der Waals surface area (Å²) >= 11 is 6.24. The zero-order chi connectivity index (χ0) is 22.5. The number of carbonyl (C=O) groups is 1. The van der Waals surface area contributed by atoms with Crippen LogP contribution in [-0.4, -0.2) is 47.0 Å². The van der Waals surface area contributed by atoms with Crippen molar-refractivity contribution in [1.29, 1.82) is 0 Å². The van der Waals surface area contributed by atoms with Crippen LogP contribution in [0.4, 0.5) is 0 Å². The summed E-state index contributed by atoms with van der Waals surface area (Å²) in [4.78, 5) is 17.2. The molecule has 1 amide bonds. The first kappa shape index (κ1) is 22.9. The summed E-state index contributed by atoms with van der Waals surface area (Å²) in [5, 5.41) is 2.04. The van der Waals surface area contributed by atoms with Gasteiger partial charge in [0.05, 0.1) is 0 Å². The Hall–Kier alpha value is -2.30. The number of rotatable bonds is 8. The van der Waals surface area contributed by atoms with E-state index >= 15 is 0 Å². The molecule has 32 heavy (non-hydrogen) atoms. The molecule has 1 saturated heterocycles. The minimum absolute atomic E-state index is 0.172. The summed E-state index contributed by atoms with van der Waals surface area (Å²) in [5.41, 5.74) is 3.78. The number of carbonyl (C=O) groups excluding carboxylic acids is 1. The lowest BCUT2D eigenvalue weighted by atomic mass is 9.95. The second-order valence-corrected chi connectivity index (χ2v) is 9.51. The molecule has 1 fully saturated rings. The molecule has 0 spiro atoms. The molecule has 1 aromatic heterocycles. The summed E-state index contributed by atoms with van der Waals surface area (Å²) in [6.07, 6.45) is 4.10. The first-order valence-electron chi connectivity index (χ1n) is 11.8. The van der Waals surface area contributed by atoms with Gasteiger partial charge in [-0.3, -0.25) is 9.69 Å². The fraction of sp³-hybridized carbons (Fsp3) is 0.444. The molecule has 5 heteroatoms. The van der Waals surface area contributed by atoms with Crippen molar-refractivity contribution in [1.82, 2.24) is 14.4 Å². The number of unbranched alkanes of at least 4 members (excludes halogenated alkanes) is 1. The van der Waals surface area contributed by atoms with Crippen molar-refractivity contribution in [2.45, 2.75) is 45.7 Å². The fourth-order valence-electron chi connectivity index (χ4n) is 4.79. The second kappa shape index (κ2) is 10.5. The van der Waals surface area contributed by atoms with Gasteiger partial charge >= 0.3 is 0 Å². The molecule has 1 aliphatic rings. The van der Waals surface area contributed by atoms with Crippen LogP contribution < -0.4 is 0 Å². The Morgan fingerprint density at radius 1 is 1.06 bits per heavy atom. The minimum Gasteiger partial charge on any atom is -0.346 e. The summed E-state index contributed by atoms with van der Waals surface area (Å²) in [6, 6.07) is 19.0. The van der Waals surface area contributed by atoms with Crippen LogP contribution in [0.3, 0.4) is 0 Å². The van der Waals surface area contributed by atoms with Gasteiger partial charge < -0.3 is 9.47 Å². The van der Waals surface area contributed by atoms with Crippen LogP contribution in [0.5, 0.6) is 0 Å². The van der Waals surface area contributed by atoms with Crippen molar-refractivity contribution in [2.75, 3.05) is 26.7 Å². The highest BCUT2D eigenvalue weighted by molar-refractivity contribution is 6.30. The fourth-order valence-corrected chi connectivity index (χ4v) is 5.00. The number of nitrogens with zero attached hydrogens (tertiary/aromatic N) is 3. The predicted molar refractivity (Wildman–Crippen MR) is 133 cm³/mol. The van der Waals surface area contributed by atoms with Crippen molar-refractivity contribution in [3.63, 3.8) is 0 Å². The Morgan fingerprint density at radius 2 is 1.84 bits per heavy atom. The lowest BCUT2D eigenvalue weighted by Crippen LogP contribution is -2.41. The zero-order valence-electron chi connectivity index (χ0n) is 19.3. The van der Waals surface area contributed by atoms with Crippen LogP contribution in [0.1, 0.15) is 43.9 Å². The van der Waals surface area contributed by atoms with E-state index in [0.717, 1.165) is 63.4 Å². The zero-order valence-corrected chi connectivity index (χ0v) is 20.0. The number of hydrogen-bond donors (Lipinski definition) is 0. The van der Waals surface area contributed by atoms with Crippen LogP contribution in [0.15, 0.2) is 54.6 Å². The highest BCUT2D eigenvalue weighted by Crippen LogP contribution is 2.26. The molecular formula is C27H34ClN3O. The highest BCUT2D eigenvalue weighted by Gasteiger charge is 2.27. The third kappa shape index (κ3) is 5.36. The molecule has 0 radical (unpaired) electrons. The normalized spacial score (nSPS) is 15.3. The van der Waals surface area contributed by atoms with Crippen molar-refractivity contribution in [3.05, 3.63) is 70.9 Å². The van der Waals surface area contributed by atoms with Crippen molar-refractivity contribution < 1.29 is 4.79 Å². The van der Waals surface area contributed by atoms with E-state index in [1.54, 1.807) is 0 Å². The van der Waals surface area contributed by atoms with E-state index in [0.29, 0.717) is 5.91 Å². The Labute approximate surface area is 196 Å². The molecule has 0 bridgehead atoms. The van der Waals surface area contributed by atoms with E-state index in [1.807, 2.05) is 30.1 Å². The average molecular weight is 452 g/mol. The molecule has 4 rings (SSSR count). The second-order valence-electron chi connectivity index (χ2n) is 9.07. The maximum atomic E-state index is 12.8. The van der Waals surface area contributed by atoms with Crippen LogP contribution in [0.25, 0.3) is 10.9 Å². The molecule has 0 saturated carbocycles. The molecule has 0 atom stereocenters. The molecule has 1 aliphatic heterocycles. The third-order valence-electron chi connectivity index (χ3n) is 6.67. The monoisotopic (exact) mass is 451 g/mol. The van der Waals surface area contributed by atoms with Crippen molar-refractivity contribution >= 4 is 28.4 Å². The average Bonchev–Trinajstić information content (AvgIpc) is 3.14. The minimum atomic E-state index is 0.172. The number of para-hydroxylation sites is 1. The predicted octanol–water partition coefficient (Wildman–Crippen LogP) is 5.81. The smallest absolute Gasteiger partial charge is 0.225 e. The Kier molecular flexibility index (Phi) is 7.54. The van der Waals surface area contributed by atoms with E-state index in [4.69, 9.17) is 11.6 Å². The van der Waals surface area contributed by atoms with Gasteiger partial charge in [0, 0.05) is 48.8 Å². The topological polar surface area (TPSA) is 28.5 Å². The Morgan fingerprint density at radius 3 is 2.59 bits per heavy atom. The number of halogens is 1. The largest absolute Gasteiger partial charge is 0.346 e. The van der Waals surface area contributed by atoms with E-state index in [2.05, 4.69) is 52.8 Å². The van der Waals surface area contributed by atoms with Gasteiger partial charge in [0.1, 0.15) is 0 Å². The van der Waals surface area contributed by atoms with Gasteiger partial charge in [0.15, 0.2) is 0 Å². The van der Waals surface area contributed by atoms with Gasteiger partial charge in [-0.2, -0.15) is 0 Å². The van der Waals surface area contributed by atoms with E-state index in [9.17, 15) is 4.79 Å². The van der Waals surface area contributed by atoms with Gasteiger partial charge in [-0.25, -0.2) is 0 Å². The maximum Gasteiger partial charge on any atom is 0.225 e. The Balaban J connectivity index is 1.45. The summed E-state index contributed by atoms with van der Waals surface area (Å²) < 4.78 is 2.41. The molecular weight excluding hydrogens is 418 g/mol. The molecule has 0 unspecified atom stereocenters. The number of hydrogen-bond acceptors (Lipinski definition) is 2. The molecule has 2 aromatic carbocycles. The van der Waals surface area contributed by atoms with E-state index < -0.39 is 0 Å². The lowest BCUT2D eigenvalue weighted by molar-refractivity contribution is -0.135. The number of amides is 1. The first-order chi connectivity index (χ1) is 15.5. The SMILES string of the molecule is CCCCN(C)C(=O)C1CCN(Cc2cc3ccccc3n2Cc2cccc(Cl)c2)CC1. The highest BCUT2D eigenvalue weighted by atomic mass is 35.5. The van der Waals surface area contributed by atoms with Gasteiger partial charge in [-0.05, 0) is 67.6 Å². The van der Waals surface area contributed by atoms with E-state index in [-0.39, 0.29) is 5.92 Å². The summed E-state index contributed by atoms with van der Waals surface area (Å²) in [7, 11) is 1.96. The maximum absolute atomic E-state index is 12.8. The number of aromatic nitrogens is 1. The van der Waals surface area contributed by atoms with Gasteiger partial charge in [0.25, 0.3) is 0 Å². The molecule has 3 aromatic rings. The number of benzene rings is 2. The standard InChI is InChI=1S/C27H34ClN3O/c1-3-4-14-29(2)27(32)22-12-15-30(16-13-22)20-25-18-23-9-5-6-11-26(23)31(25)19-21-8-7-10-24(28)17-21/h5-11,17-18,22H,3-4,12-16,19-20H2,1-2H3. The van der Waals surface area contributed by atoms with Crippen LogP contribution in [-0.2, 0) is 17.9 Å². The molecule has 4 nitrogen and oxygen atoms in total. The third-order valence-corrected chi connectivity index (χ3v) is 6.91. The Bertz CT molecular complexity index is 1050. The van der Waals surface area contributed by atoms with Gasteiger partial charge in [-0.1, -0.05) is 55.3 Å². The summed E-state index contributed by atoms with van der Waals surface area (Å²) in [6.45, 7) is 6.69. The quantitative estimate of drug-likeness (QED) is 0.432. The van der Waals surface area contributed by atoms with Crippen LogP contribution in [0.2, 0.25) is 5.02 Å². The lowest BCUT2D eigenvalue weighted by Gasteiger charge is -2.33. The first-order valence-corrected chi connectivity index (χ1v) is 12.2. The van der Waals surface area contributed by atoms with E-state index in [1.165, 1.54) is 22.2 Å². The van der Waals surface area contributed by atoms with Crippen LogP contribution in [0, 0.1) is 5.92 Å². The number of fused-ring (bicyclic) bond motifs is 1. The molecule has 0 N–H and O–H groups in total. The van der Waals surface area contributed by atoms with Crippen LogP contribution >= 0.6 is 11.6 Å². The van der Waals surface area contributed by atoms with Crippen molar-refractivity contribution in [2.24, 2.45) is 5.92 Å². The van der Waals surface area contributed by atoms with Gasteiger partial charge in [0.2, 0.25) is 5.91 Å². The van der Waals surface area contributed by atoms with Gasteiger partial charge in [-0.15, -0.1) is 0 Å². The molecule has 2 heterocycles. The number of piperidine rings is 1. The number of likely N-dealkylation sites (tertiary alicyclic amines) is 1. The van der Waals surface area contributed by atoms with Crippen molar-refractivity contribution in [3.8, 4) is 0 Å². The summed E-state index contributed by atoms with van der Waals surface area (Å²) in [5.74, 6) is 0.499. The molecule has 0 aliphatic carbocycles.